The number of anilines is 2. The predicted molar refractivity (Wildman–Crippen MR) is 74.1 cm³/mol. The van der Waals surface area contributed by atoms with Crippen LogP contribution in [0.25, 0.3) is 0 Å². The van der Waals surface area contributed by atoms with Gasteiger partial charge in [0, 0.05) is 19.3 Å². The number of para-hydroxylation sites is 1. The van der Waals surface area contributed by atoms with Gasteiger partial charge in [-0.05, 0) is 29.8 Å². The molecule has 3 heteroatoms. The van der Waals surface area contributed by atoms with Crippen LogP contribution in [0.1, 0.15) is 11.1 Å². The lowest BCUT2D eigenvalue weighted by Gasteiger charge is -2.20. The zero-order chi connectivity index (χ0) is 13.0. The van der Waals surface area contributed by atoms with Crippen molar-refractivity contribution in [2.75, 3.05) is 17.7 Å². The normalized spacial score (nSPS) is 9.78. The van der Waals surface area contributed by atoms with Crippen LogP contribution in [0.15, 0.2) is 48.5 Å². The van der Waals surface area contributed by atoms with Gasteiger partial charge in [-0.15, -0.1) is 0 Å². The predicted octanol–water partition coefficient (Wildman–Crippen LogP) is 2.78. The summed E-state index contributed by atoms with van der Waals surface area (Å²) in [4.78, 5) is 2.06. The topological polar surface area (TPSA) is 53.0 Å². The van der Waals surface area contributed by atoms with Gasteiger partial charge in [-0.1, -0.05) is 24.3 Å². The quantitative estimate of drug-likeness (QED) is 0.835. The molecule has 0 unspecified atom stereocenters. The van der Waals surface area contributed by atoms with Crippen molar-refractivity contribution in [3.63, 3.8) is 0 Å². The van der Waals surface area contributed by atoms with E-state index in [0.717, 1.165) is 17.9 Å². The molecule has 90 valence electrons. The summed E-state index contributed by atoms with van der Waals surface area (Å²) >= 11 is 0. The summed E-state index contributed by atoms with van der Waals surface area (Å²) in [6.45, 7) is 0.749. The lowest BCUT2D eigenvalue weighted by Crippen LogP contribution is -2.17. The molecular weight excluding hydrogens is 222 g/mol. The van der Waals surface area contributed by atoms with Gasteiger partial charge in [0.15, 0.2) is 0 Å². The Morgan fingerprint density at radius 1 is 1.11 bits per heavy atom. The van der Waals surface area contributed by atoms with Crippen LogP contribution in [-0.4, -0.2) is 7.05 Å². The van der Waals surface area contributed by atoms with E-state index in [1.807, 2.05) is 55.6 Å². The number of nitrogen functional groups attached to an aromatic ring is 1. The highest BCUT2D eigenvalue weighted by atomic mass is 15.1. The molecule has 0 aliphatic heterocycles. The largest absolute Gasteiger partial charge is 0.399 e. The summed E-state index contributed by atoms with van der Waals surface area (Å²) in [7, 11) is 1.98. The molecule has 2 aromatic carbocycles. The Morgan fingerprint density at radius 3 is 2.44 bits per heavy atom. The van der Waals surface area contributed by atoms with E-state index in [9.17, 15) is 0 Å². The molecule has 0 fully saturated rings. The van der Waals surface area contributed by atoms with Crippen LogP contribution in [0.5, 0.6) is 0 Å². The minimum atomic E-state index is 0.690. The summed E-state index contributed by atoms with van der Waals surface area (Å²) in [5, 5.41) is 9.08. The molecule has 0 atom stereocenters. The number of hydrogen-bond donors (Lipinski definition) is 1. The second-order valence-corrected chi connectivity index (χ2v) is 4.23. The van der Waals surface area contributed by atoms with Crippen molar-refractivity contribution in [3.8, 4) is 6.07 Å². The Bertz CT molecular complexity index is 567. The van der Waals surface area contributed by atoms with E-state index in [4.69, 9.17) is 11.0 Å². The van der Waals surface area contributed by atoms with Crippen molar-refractivity contribution in [1.29, 1.82) is 5.26 Å². The molecule has 0 saturated heterocycles. The van der Waals surface area contributed by atoms with Crippen LogP contribution >= 0.6 is 0 Å². The van der Waals surface area contributed by atoms with Crippen molar-refractivity contribution >= 4 is 11.4 Å². The van der Waals surface area contributed by atoms with Gasteiger partial charge in [0.2, 0.25) is 0 Å². The maximum Gasteiger partial charge on any atom is 0.101 e. The number of rotatable bonds is 3. The van der Waals surface area contributed by atoms with Gasteiger partial charge in [0.25, 0.3) is 0 Å². The standard InChI is InChI=1S/C15H15N3/c1-18(11-12-6-8-14(17)9-7-12)15-5-3-2-4-13(15)10-16/h2-9H,11,17H2,1H3. The molecule has 0 heterocycles. The Labute approximate surface area is 107 Å². The lowest BCUT2D eigenvalue weighted by molar-refractivity contribution is 0.921. The van der Waals surface area contributed by atoms with Crippen molar-refractivity contribution in [2.24, 2.45) is 0 Å². The first-order valence-corrected chi connectivity index (χ1v) is 5.75. The van der Waals surface area contributed by atoms with Gasteiger partial charge in [-0.3, -0.25) is 0 Å². The van der Waals surface area contributed by atoms with Crippen LogP contribution < -0.4 is 10.6 Å². The van der Waals surface area contributed by atoms with Gasteiger partial charge in [-0.25, -0.2) is 0 Å². The number of nitrogens with zero attached hydrogens (tertiary/aromatic N) is 2. The molecule has 0 amide bonds. The molecule has 3 nitrogen and oxygen atoms in total. The molecule has 2 rings (SSSR count). The van der Waals surface area contributed by atoms with Crippen molar-refractivity contribution in [1.82, 2.24) is 0 Å². The second-order valence-electron chi connectivity index (χ2n) is 4.23. The molecule has 2 aromatic rings. The summed E-state index contributed by atoms with van der Waals surface area (Å²) < 4.78 is 0. The van der Waals surface area contributed by atoms with Gasteiger partial charge in [0.05, 0.1) is 11.3 Å². The summed E-state index contributed by atoms with van der Waals surface area (Å²) in [5.41, 5.74) is 9.22. The Hall–Kier alpha value is -2.47. The molecule has 2 N–H and O–H groups in total. The average molecular weight is 237 g/mol. The van der Waals surface area contributed by atoms with Gasteiger partial charge >= 0.3 is 0 Å². The fourth-order valence-corrected chi connectivity index (χ4v) is 1.88. The van der Waals surface area contributed by atoms with Gasteiger partial charge in [0.1, 0.15) is 6.07 Å². The van der Waals surface area contributed by atoms with E-state index in [1.54, 1.807) is 0 Å². The average Bonchev–Trinajstić information content (AvgIpc) is 2.41. The van der Waals surface area contributed by atoms with E-state index in [0.29, 0.717) is 5.56 Å². The van der Waals surface area contributed by atoms with E-state index in [-0.39, 0.29) is 0 Å². The molecule has 0 radical (unpaired) electrons. The van der Waals surface area contributed by atoms with Crippen LogP contribution in [0, 0.1) is 11.3 Å². The molecule has 0 aliphatic carbocycles. The molecule has 0 bridgehead atoms. The van der Waals surface area contributed by atoms with E-state index in [2.05, 4.69) is 11.0 Å². The SMILES string of the molecule is CN(Cc1ccc(N)cc1)c1ccccc1C#N. The molecule has 18 heavy (non-hydrogen) atoms. The maximum absolute atomic E-state index is 9.08. The Kier molecular flexibility index (Phi) is 3.49. The molecule has 0 saturated carbocycles. The molecule has 0 aromatic heterocycles. The molecular formula is C15H15N3. The first-order valence-electron chi connectivity index (χ1n) is 5.75. The number of hydrogen-bond acceptors (Lipinski definition) is 3. The molecule has 0 aliphatic rings. The second kappa shape index (κ2) is 5.24. The van der Waals surface area contributed by atoms with Crippen LogP contribution in [0.2, 0.25) is 0 Å². The Balaban J connectivity index is 2.19. The zero-order valence-corrected chi connectivity index (χ0v) is 10.3. The van der Waals surface area contributed by atoms with E-state index in [1.165, 1.54) is 5.56 Å². The maximum atomic E-state index is 9.08. The van der Waals surface area contributed by atoms with Crippen molar-refractivity contribution < 1.29 is 0 Å². The van der Waals surface area contributed by atoms with Gasteiger partial charge < -0.3 is 10.6 Å². The highest BCUT2D eigenvalue weighted by molar-refractivity contribution is 5.59. The van der Waals surface area contributed by atoms with Crippen LogP contribution in [-0.2, 0) is 6.54 Å². The number of nitriles is 1. The summed E-state index contributed by atoms with van der Waals surface area (Å²) in [6, 6.07) is 17.6. The molecule has 0 spiro atoms. The first kappa shape index (κ1) is 12.0. The first-order chi connectivity index (χ1) is 8.70. The third-order valence-electron chi connectivity index (χ3n) is 2.84. The highest BCUT2D eigenvalue weighted by Gasteiger charge is 2.06. The summed E-state index contributed by atoms with van der Waals surface area (Å²) in [5.74, 6) is 0. The zero-order valence-electron chi connectivity index (χ0n) is 10.3. The number of nitrogens with two attached hydrogens (primary N) is 1. The minimum absolute atomic E-state index is 0.690. The van der Waals surface area contributed by atoms with E-state index >= 15 is 0 Å². The minimum Gasteiger partial charge on any atom is -0.399 e. The lowest BCUT2D eigenvalue weighted by atomic mass is 10.1. The van der Waals surface area contributed by atoms with Crippen LogP contribution in [0.3, 0.4) is 0 Å². The Morgan fingerprint density at radius 2 is 1.78 bits per heavy atom. The third-order valence-corrected chi connectivity index (χ3v) is 2.84. The highest BCUT2D eigenvalue weighted by Crippen LogP contribution is 2.20. The van der Waals surface area contributed by atoms with Crippen molar-refractivity contribution in [3.05, 3.63) is 59.7 Å². The third kappa shape index (κ3) is 2.61. The summed E-state index contributed by atoms with van der Waals surface area (Å²) in [6.07, 6.45) is 0. The van der Waals surface area contributed by atoms with Gasteiger partial charge in [-0.2, -0.15) is 5.26 Å². The van der Waals surface area contributed by atoms with E-state index < -0.39 is 0 Å². The fraction of sp³-hybridized carbons (Fsp3) is 0.133. The number of benzene rings is 2. The monoisotopic (exact) mass is 237 g/mol. The fourth-order valence-electron chi connectivity index (χ4n) is 1.88. The van der Waals surface area contributed by atoms with Crippen LogP contribution in [0.4, 0.5) is 11.4 Å². The smallest absolute Gasteiger partial charge is 0.101 e. The van der Waals surface area contributed by atoms with Crippen molar-refractivity contribution in [2.45, 2.75) is 6.54 Å².